The van der Waals surface area contributed by atoms with E-state index in [1.54, 1.807) is 11.7 Å². The summed E-state index contributed by atoms with van der Waals surface area (Å²) in [6, 6.07) is 8.32. The van der Waals surface area contributed by atoms with Crippen molar-refractivity contribution in [2.75, 3.05) is 4.90 Å². The van der Waals surface area contributed by atoms with Crippen molar-refractivity contribution < 1.29 is 4.79 Å². The number of hydrogen-bond acceptors (Lipinski definition) is 3. The van der Waals surface area contributed by atoms with Crippen LogP contribution < -0.4 is 4.90 Å². The van der Waals surface area contributed by atoms with Gasteiger partial charge in [-0.3, -0.25) is 9.78 Å². The molecule has 0 radical (unpaired) electrons. The fraction of sp³-hybridized carbons (Fsp3) is 0.231. The van der Waals surface area contributed by atoms with Gasteiger partial charge in [-0.25, -0.2) is 0 Å². The van der Waals surface area contributed by atoms with Crippen LogP contribution in [0.4, 0.5) is 5.69 Å². The molecule has 86 valence electrons. The first kappa shape index (κ1) is 10.5. The lowest BCUT2D eigenvalue weighted by Crippen LogP contribution is -2.35. The molecule has 3 rings (SSSR count). The number of anilines is 1. The van der Waals surface area contributed by atoms with E-state index in [1.165, 1.54) is 16.9 Å². The van der Waals surface area contributed by atoms with Crippen LogP contribution in [0.1, 0.15) is 22.2 Å². The van der Waals surface area contributed by atoms with E-state index in [2.05, 4.69) is 18.0 Å². The standard InChI is InChI=1S/C13H12N2OS/c1-9-6-10-4-2-3-5-11(10)15(9)13(16)12-7-14-8-17-12/h2-5,7-9H,6H2,1H3. The highest BCUT2D eigenvalue weighted by molar-refractivity contribution is 7.11. The highest BCUT2D eigenvalue weighted by Gasteiger charge is 2.31. The second kappa shape index (κ2) is 3.96. The lowest BCUT2D eigenvalue weighted by atomic mass is 10.1. The summed E-state index contributed by atoms with van der Waals surface area (Å²) in [7, 11) is 0. The summed E-state index contributed by atoms with van der Waals surface area (Å²) < 4.78 is 0. The molecule has 1 aromatic heterocycles. The van der Waals surface area contributed by atoms with Gasteiger partial charge >= 0.3 is 0 Å². The zero-order valence-electron chi connectivity index (χ0n) is 9.46. The summed E-state index contributed by atoms with van der Waals surface area (Å²) in [6.45, 7) is 2.08. The molecule has 17 heavy (non-hydrogen) atoms. The molecule has 0 fully saturated rings. The average Bonchev–Trinajstić information content (AvgIpc) is 2.94. The van der Waals surface area contributed by atoms with Crippen LogP contribution >= 0.6 is 11.3 Å². The highest BCUT2D eigenvalue weighted by Crippen LogP contribution is 2.33. The Balaban J connectivity index is 2.01. The normalized spacial score (nSPS) is 18.2. The van der Waals surface area contributed by atoms with Gasteiger partial charge in [0, 0.05) is 11.7 Å². The molecule has 1 unspecified atom stereocenters. The van der Waals surface area contributed by atoms with Gasteiger partial charge in [-0.05, 0) is 25.0 Å². The van der Waals surface area contributed by atoms with Crippen molar-refractivity contribution in [2.24, 2.45) is 0 Å². The lowest BCUT2D eigenvalue weighted by molar-refractivity contribution is 0.0985. The van der Waals surface area contributed by atoms with E-state index in [9.17, 15) is 4.79 Å². The van der Waals surface area contributed by atoms with E-state index in [1.807, 2.05) is 23.1 Å². The van der Waals surface area contributed by atoms with E-state index in [0.717, 1.165) is 12.1 Å². The van der Waals surface area contributed by atoms with Crippen molar-refractivity contribution in [3.8, 4) is 0 Å². The number of hydrogen-bond donors (Lipinski definition) is 0. The van der Waals surface area contributed by atoms with E-state index >= 15 is 0 Å². The van der Waals surface area contributed by atoms with Crippen molar-refractivity contribution in [3.05, 3.63) is 46.4 Å². The minimum absolute atomic E-state index is 0.0601. The highest BCUT2D eigenvalue weighted by atomic mass is 32.1. The largest absolute Gasteiger partial charge is 0.304 e. The number of thiazole rings is 1. The first-order valence-electron chi connectivity index (χ1n) is 5.57. The summed E-state index contributed by atoms with van der Waals surface area (Å²) in [5.41, 5.74) is 3.98. The quantitative estimate of drug-likeness (QED) is 0.772. The molecule has 2 heterocycles. The van der Waals surface area contributed by atoms with Gasteiger partial charge < -0.3 is 4.90 Å². The van der Waals surface area contributed by atoms with Crippen LogP contribution in [0.5, 0.6) is 0 Å². The molecular weight excluding hydrogens is 232 g/mol. The third-order valence-corrected chi connectivity index (χ3v) is 3.83. The Bertz CT molecular complexity index is 550. The number of rotatable bonds is 1. The van der Waals surface area contributed by atoms with Gasteiger partial charge in [0.1, 0.15) is 4.88 Å². The fourth-order valence-electron chi connectivity index (χ4n) is 2.32. The lowest BCUT2D eigenvalue weighted by Gasteiger charge is -2.21. The Labute approximate surface area is 104 Å². The Morgan fingerprint density at radius 2 is 2.29 bits per heavy atom. The monoisotopic (exact) mass is 244 g/mol. The number of amides is 1. The first-order valence-corrected chi connectivity index (χ1v) is 6.45. The van der Waals surface area contributed by atoms with Gasteiger partial charge in [0.15, 0.2) is 0 Å². The fourth-order valence-corrected chi connectivity index (χ4v) is 2.87. The predicted molar refractivity (Wildman–Crippen MR) is 68.5 cm³/mol. The van der Waals surface area contributed by atoms with Gasteiger partial charge in [0.2, 0.25) is 0 Å². The van der Waals surface area contributed by atoms with E-state index in [4.69, 9.17) is 0 Å². The second-order valence-corrected chi connectivity index (χ2v) is 5.11. The molecule has 1 amide bonds. The molecule has 1 aliphatic rings. The average molecular weight is 244 g/mol. The molecule has 0 N–H and O–H groups in total. The molecule has 0 spiro atoms. The zero-order valence-corrected chi connectivity index (χ0v) is 10.3. The maximum Gasteiger partial charge on any atom is 0.270 e. The number of carbonyl (C=O) groups is 1. The topological polar surface area (TPSA) is 33.2 Å². The molecule has 0 bridgehead atoms. The summed E-state index contributed by atoms with van der Waals surface area (Å²) in [4.78, 5) is 18.9. The van der Waals surface area contributed by atoms with Gasteiger partial charge in [0.05, 0.1) is 11.7 Å². The summed E-state index contributed by atoms with van der Waals surface area (Å²) >= 11 is 1.39. The molecule has 2 aromatic rings. The third-order valence-electron chi connectivity index (χ3n) is 3.07. The minimum Gasteiger partial charge on any atom is -0.304 e. The molecule has 3 nitrogen and oxygen atoms in total. The van der Waals surface area contributed by atoms with Crippen molar-refractivity contribution in [2.45, 2.75) is 19.4 Å². The molecule has 0 saturated heterocycles. The predicted octanol–water partition coefficient (Wildman–Crippen LogP) is 2.73. The van der Waals surface area contributed by atoms with E-state index in [0.29, 0.717) is 4.88 Å². The Morgan fingerprint density at radius 3 is 3.06 bits per heavy atom. The van der Waals surface area contributed by atoms with Crippen LogP contribution in [-0.4, -0.2) is 16.9 Å². The van der Waals surface area contributed by atoms with Crippen LogP contribution in [0.15, 0.2) is 36.0 Å². The number of fused-ring (bicyclic) bond motifs is 1. The maximum absolute atomic E-state index is 12.4. The van der Waals surface area contributed by atoms with Crippen molar-refractivity contribution in [1.29, 1.82) is 0 Å². The molecule has 1 atom stereocenters. The number of para-hydroxylation sites is 1. The van der Waals surface area contributed by atoms with Gasteiger partial charge in [0.25, 0.3) is 5.91 Å². The first-order chi connectivity index (χ1) is 8.27. The van der Waals surface area contributed by atoms with Crippen LogP contribution in [0.2, 0.25) is 0 Å². The second-order valence-electron chi connectivity index (χ2n) is 4.22. The maximum atomic E-state index is 12.4. The van der Waals surface area contributed by atoms with Crippen LogP contribution in [0.3, 0.4) is 0 Å². The molecule has 0 aliphatic carbocycles. The third kappa shape index (κ3) is 1.65. The van der Waals surface area contributed by atoms with Crippen LogP contribution in [0, 0.1) is 0 Å². The number of aromatic nitrogens is 1. The summed E-state index contributed by atoms with van der Waals surface area (Å²) in [5.74, 6) is 0.0601. The molecule has 1 aliphatic heterocycles. The van der Waals surface area contributed by atoms with Gasteiger partial charge in [-0.15, -0.1) is 11.3 Å². The molecule has 1 aromatic carbocycles. The molecule has 0 saturated carbocycles. The van der Waals surface area contributed by atoms with Crippen molar-refractivity contribution >= 4 is 22.9 Å². The summed E-state index contributed by atoms with van der Waals surface area (Å²) in [5, 5.41) is 0. The summed E-state index contributed by atoms with van der Waals surface area (Å²) in [6.07, 6.45) is 2.57. The van der Waals surface area contributed by atoms with Gasteiger partial charge in [-0.1, -0.05) is 18.2 Å². The van der Waals surface area contributed by atoms with Crippen LogP contribution in [0.25, 0.3) is 0 Å². The minimum atomic E-state index is 0.0601. The SMILES string of the molecule is CC1Cc2ccccc2N1C(=O)c1cncs1. The zero-order chi connectivity index (χ0) is 11.8. The number of nitrogens with zero attached hydrogens (tertiary/aromatic N) is 2. The number of carbonyl (C=O) groups excluding carboxylic acids is 1. The van der Waals surface area contributed by atoms with Crippen LogP contribution in [-0.2, 0) is 6.42 Å². The Hall–Kier alpha value is -1.68. The Kier molecular flexibility index (Phi) is 2.44. The van der Waals surface area contributed by atoms with E-state index in [-0.39, 0.29) is 11.9 Å². The number of benzene rings is 1. The van der Waals surface area contributed by atoms with Crippen molar-refractivity contribution in [1.82, 2.24) is 4.98 Å². The van der Waals surface area contributed by atoms with Gasteiger partial charge in [-0.2, -0.15) is 0 Å². The molecular formula is C13H12N2OS. The Morgan fingerprint density at radius 1 is 1.47 bits per heavy atom. The smallest absolute Gasteiger partial charge is 0.270 e. The van der Waals surface area contributed by atoms with E-state index < -0.39 is 0 Å². The van der Waals surface area contributed by atoms with Crippen molar-refractivity contribution in [3.63, 3.8) is 0 Å². The molecule has 4 heteroatoms.